The maximum Gasteiger partial charge on any atom is 0.274 e. The summed E-state index contributed by atoms with van der Waals surface area (Å²) in [6.45, 7) is 2.22. The molecule has 18 heavy (non-hydrogen) atoms. The Morgan fingerprint density at radius 1 is 1.22 bits per heavy atom. The molecule has 0 aliphatic carbocycles. The van der Waals surface area contributed by atoms with Crippen LogP contribution in [-0.2, 0) is 6.42 Å². The van der Waals surface area contributed by atoms with Gasteiger partial charge < -0.3 is 0 Å². The van der Waals surface area contributed by atoms with Crippen molar-refractivity contribution in [2.24, 2.45) is 0 Å². The van der Waals surface area contributed by atoms with Gasteiger partial charge in [-0.3, -0.25) is 9.89 Å². The van der Waals surface area contributed by atoms with Crippen molar-refractivity contribution in [1.29, 1.82) is 0 Å². The van der Waals surface area contributed by atoms with Crippen molar-refractivity contribution in [1.82, 2.24) is 19.6 Å². The number of aromatic nitrogens is 4. The summed E-state index contributed by atoms with van der Waals surface area (Å²) in [5.74, 6) is 0.462. The Morgan fingerprint density at radius 3 is 2.83 bits per heavy atom. The van der Waals surface area contributed by atoms with Crippen LogP contribution < -0.4 is 5.56 Å². The first-order chi connectivity index (χ1) is 8.81. The Morgan fingerprint density at radius 2 is 2.00 bits per heavy atom. The van der Waals surface area contributed by atoms with Crippen LogP contribution in [0.2, 0.25) is 0 Å². The summed E-state index contributed by atoms with van der Waals surface area (Å²) in [4.78, 5) is 20.0. The van der Waals surface area contributed by atoms with Gasteiger partial charge in [0, 0.05) is 6.07 Å². The monoisotopic (exact) mass is 248 g/mol. The number of aryl methyl sites for hydroxylation is 1. The number of fused-ring (bicyclic) bond motifs is 1. The summed E-state index contributed by atoms with van der Waals surface area (Å²) in [5, 5.41) is 2.74. The van der Waals surface area contributed by atoms with E-state index >= 15 is 0 Å². The van der Waals surface area contributed by atoms with Crippen LogP contribution in [0.5, 0.6) is 0 Å². The molecule has 0 bridgehead atoms. The maximum absolute atomic E-state index is 11.7. The molecule has 0 unspecified atom stereocenters. The molecule has 0 aromatic carbocycles. The molecule has 98 valence electrons. The number of nitrogens with zero attached hydrogens (tertiary/aromatic N) is 3. The fraction of sp³-hybridized carbons (Fsp3) is 0.615. The van der Waals surface area contributed by atoms with Crippen LogP contribution in [0.4, 0.5) is 0 Å². The van der Waals surface area contributed by atoms with Crippen LogP contribution in [0, 0.1) is 0 Å². The van der Waals surface area contributed by atoms with E-state index in [0.29, 0.717) is 5.78 Å². The zero-order chi connectivity index (χ0) is 12.8. The van der Waals surface area contributed by atoms with Gasteiger partial charge in [-0.15, -0.1) is 0 Å². The minimum atomic E-state index is -0.0847. The highest BCUT2D eigenvalue weighted by Gasteiger charge is 2.03. The van der Waals surface area contributed by atoms with Crippen molar-refractivity contribution in [3.8, 4) is 0 Å². The largest absolute Gasteiger partial charge is 0.278 e. The number of aromatic amines is 1. The topological polar surface area (TPSA) is 63.0 Å². The molecule has 0 spiro atoms. The smallest absolute Gasteiger partial charge is 0.274 e. The van der Waals surface area contributed by atoms with E-state index in [0.717, 1.165) is 18.5 Å². The Kier molecular flexibility index (Phi) is 4.50. The molecular weight excluding hydrogens is 228 g/mol. The van der Waals surface area contributed by atoms with Crippen LogP contribution in [0.15, 0.2) is 17.2 Å². The highest BCUT2D eigenvalue weighted by atomic mass is 16.1. The van der Waals surface area contributed by atoms with E-state index in [-0.39, 0.29) is 5.56 Å². The molecule has 5 heteroatoms. The minimum absolute atomic E-state index is 0.0847. The molecule has 0 fully saturated rings. The highest BCUT2D eigenvalue weighted by molar-refractivity contribution is 5.25. The third-order valence-electron chi connectivity index (χ3n) is 3.11. The molecule has 0 saturated heterocycles. The average Bonchev–Trinajstić information content (AvgIpc) is 2.82. The lowest BCUT2D eigenvalue weighted by Crippen LogP contribution is -2.15. The lowest BCUT2D eigenvalue weighted by molar-refractivity contribution is 0.604. The first-order valence-electron chi connectivity index (χ1n) is 6.73. The van der Waals surface area contributed by atoms with Crippen LogP contribution in [0.25, 0.3) is 5.78 Å². The molecule has 0 amide bonds. The number of hydrogen-bond donors (Lipinski definition) is 1. The van der Waals surface area contributed by atoms with Gasteiger partial charge >= 0.3 is 0 Å². The van der Waals surface area contributed by atoms with Gasteiger partial charge in [0.15, 0.2) is 0 Å². The van der Waals surface area contributed by atoms with E-state index in [2.05, 4.69) is 22.0 Å². The van der Waals surface area contributed by atoms with E-state index in [1.54, 1.807) is 6.07 Å². The van der Waals surface area contributed by atoms with E-state index in [1.165, 1.54) is 42.9 Å². The Bertz CT molecular complexity index is 543. The molecule has 0 aliphatic rings. The zero-order valence-electron chi connectivity index (χ0n) is 10.9. The van der Waals surface area contributed by atoms with Crippen molar-refractivity contribution in [3.05, 3.63) is 28.4 Å². The Hall–Kier alpha value is -1.65. The second-order valence-electron chi connectivity index (χ2n) is 4.63. The second-order valence-corrected chi connectivity index (χ2v) is 4.63. The van der Waals surface area contributed by atoms with E-state index in [4.69, 9.17) is 0 Å². The number of H-pyrrole nitrogens is 1. The van der Waals surface area contributed by atoms with Gasteiger partial charge in [-0.25, -0.2) is 9.97 Å². The SMILES string of the molecule is CCCCCCCCc1cc(=O)n2[nH]cnc2n1. The molecule has 2 aromatic heterocycles. The summed E-state index contributed by atoms with van der Waals surface area (Å²) in [6, 6.07) is 1.59. The first kappa shape index (κ1) is 12.8. The molecule has 0 atom stereocenters. The molecule has 1 N–H and O–H groups in total. The average molecular weight is 248 g/mol. The predicted octanol–water partition coefficient (Wildman–Crippen LogP) is 2.32. The zero-order valence-corrected chi connectivity index (χ0v) is 10.9. The molecule has 2 heterocycles. The second kappa shape index (κ2) is 6.33. The van der Waals surface area contributed by atoms with Crippen LogP contribution in [0.3, 0.4) is 0 Å². The number of nitrogens with one attached hydrogen (secondary N) is 1. The number of hydrogen-bond acceptors (Lipinski definition) is 3. The van der Waals surface area contributed by atoms with Gasteiger partial charge in [0.05, 0.1) is 5.69 Å². The molecule has 5 nitrogen and oxygen atoms in total. The maximum atomic E-state index is 11.7. The fourth-order valence-corrected chi connectivity index (χ4v) is 2.08. The summed E-state index contributed by atoms with van der Waals surface area (Å²) < 4.78 is 1.35. The van der Waals surface area contributed by atoms with E-state index < -0.39 is 0 Å². The highest BCUT2D eigenvalue weighted by Crippen LogP contribution is 2.07. The minimum Gasteiger partial charge on any atom is -0.278 e. The van der Waals surface area contributed by atoms with E-state index in [1.807, 2.05) is 0 Å². The molecule has 0 aliphatic heterocycles. The lowest BCUT2D eigenvalue weighted by Gasteiger charge is -2.01. The standard InChI is InChI=1S/C13H20N4O/c1-2-3-4-5-6-7-8-11-9-12(18)17-13(16-11)14-10-15-17/h9-10H,2-8H2,1H3,(H,14,15,16). The van der Waals surface area contributed by atoms with Crippen molar-refractivity contribution in [2.75, 3.05) is 0 Å². The quantitative estimate of drug-likeness (QED) is 0.765. The van der Waals surface area contributed by atoms with Crippen molar-refractivity contribution in [3.63, 3.8) is 0 Å². The van der Waals surface area contributed by atoms with Gasteiger partial charge in [0.1, 0.15) is 6.33 Å². The third kappa shape index (κ3) is 3.18. The van der Waals surface area contributed by atoms with Gasteiger partial charge in [0.25, 0.3) is 11.3 Å². The molecular formula is C13H20N4O. The van der Waals surface area contributed by atoms with Gasteiger partial charge in [-0.05, 0) is 12.8 Å². The first-order valence-corrected chi connectivity index (χ1v) is 6.73. The molecule has 0 radical (unpaired) electrons. The summed E-state index contributed by atoms with van der Waals surface area (Å²) >= 11 is 0. The van der Waals surface area contributed by atoms with Crippen molar-refractivity contribution < 1.29 is 0 Å². The summed E-state index contributed by atoms with van der Waals surface area (Å²) in [7, 11) is 0. The van der Waals surface area contributed by atoms with Crippen LogP contribution in [-0.4, -0.2) is 19.6 Å². The normalized spacial score (nSPS) is 11.2. The lowest BCUT2D eigenvalue weighted by atomic mass is 10.1. The summed E-state index contributed by atoms with van der Waals surface area (Å²) in [6.07, 6.45) is 9.83. The van der Waals surface area contributed by atoms with E-state index in [9.17, 15) is 4.79 Å². The van der Waals surface area contributed by atoms with Gasteiger partial charge in [-0.2, -0.15) is 4.52 Å². The van der Waals surface area contributed by atoms with Crippen molar-refractivity contribution in [2.45, 2.75) is 51.9 Å². The van der Waals surface area contributed by atoms with Gasteiger partial charge in [-0.1, -0.05) is 39.0 Å². The summed E-state index contributed by atoms with van der Waals surface area (Å²) in [5.41, 5.74) is 0.765. The van der Waals surface area contributed by atoms with Crippen LogP contribution >= 0.6 is 0 Å². The number of rotatable bonds is 7. The fourth-order valence-electron chi connectivity index (χ4n) is 2.08. The predicted molar refractivity (Wildman–Crippen MR) is 70.7 cm³/mol. The van der Waals surface area contributed by atoms with Gasteiger partial charge in [0.2, 0.25) is 0 Å². The van der Waals surface area contributed by atoms with Crippen LogP contribution in [0.1, 0.15) is 51.1 Å². The molecule has 0 saturated carbocycles. The molecule has 2 aromatic rings. The Labute approximate surface area is 106 Å². The van der Waals surface area contributed by atoms with Crippen molar-refractivity contribution >= 4 is 5.78 Å². The Balaban J connectivity index is 1.86. The number of unbranched alkanes of at least 4 members (excludes halogenated alkanes) is 5. The third-order valence-corrected chi connectivity index (χ3v) is 3.11. The molecule has 2 rings (SSSR count).